The molecule has 1 aliphatic rings. The maximum atomic E-state index is 2.32. The van der Waals surface area contributed by atoms with Gasteiger partial charge in [0.05, 0.1) is 0 Å². The van der Waals surface area contributed by atoms with Gasteiger partial charge in [0.1, 0.15) is 0 Å². The summed E-state index contributed by atoms with van der Waals surface area (Å²) < 4.78 is 0. The van der Waals surface area contributed by atoms with Crippen molar-refractivity contribution >= 4 is 0 Å². The molecule has 0 nitrogen and oxygen atoms in total. The molecule has 0 fully saturated rings. The molecule has 0 aromatic rings. The molecule has 0 aromatic heterocycles. The summed E-state index contributed by atoms with van der Waals surface area (Å²) in [6.45, 7) is 6.47. The maximum Gasteiger partial charge on any atom is -0.0271 e. The number of hydrogen-bond donors (Lipinski definition) is 0. The van der Waals surface area contributed by atoms with E-state index in [-0.39, 0.29) is 0 Å². The van der Waals surface area contributed by atoms with Crippen molar-refractivity contribution in [2.45, 2.75) is 33.6 Å². The summed E-state index contributed by atoms with van der Waals surface area (Å²) in [5, 5.41) is 0. The minimum absolute atomic E-state index is 1.20. The highest BCUT2D eigenvalue weighted by atomic mass is 14.1. The highest BCUT2D eigenvalue weighted by molar-refractivity contribution is 5.41. The van der Waals surface area contributed by atoms with Gasteiger partial charge in [-0.25, -0.2) is 0 Å². The molecule has 0 saturated heterocycles. The zero-order valence-electron chi connectivity index (χ0n) is 7.65. The fourth-order valence-electron chi connectivity index (χ4n) is 1.30. The van der Waals surface area contributed by atoms with Gasteiger partial charge in [-0.15, -0.1) is 0 Å². The molecule has 0 atom stereocenters. The SMILES string of the molecule is CC(C)=CC1=CCCC=C1C. The lowest BCUT2D eigenvalue weighted by molar-refractivity contribution is 0.999. The van der Waals surface area contributed by atoms with Crippen molar-refractivity contribution in [3.63, 3.8) is 0 Å². The van der Waals surface area contributed by atoms with Crippen molar-refractivity contribution in [1.29, 1.82) is 0 Å². The first-order valence-electron chi connectivity index (χ1n) is 4.22. The van der Waals surface area contributed by atoms with E-state index >= 15 is 0 Å². The summed E-state index contributed by atoms with van der Waals surface area (Å²) in [4.78, 5) is 0. The van der Waals surface area contributed by atoms with Gasteiger partial charge in [-0.2, -0.15) is 0 Å². The highest BCUT2D eigenvalue weighted by Crippen LogP contribution is 2.19. The van der Waals surface area contributed by atoms with Crippen molar-refractivity contribution in [2.24, 2.45) is 0 Å². The predicted molar refractivity (Wildman–Crippen MR) is 50.5 cm³/mol. The Hall–Kier alpha value is -0.780. The molecule has 0 aromatic carbocycles. The monoisotopic (exact) mass is 148 g/mol. The normalized spacial score (nSPS) is 17.0. The summed E-state index contributed by atoms with van der Waals surface area (Å²) in [6, 6.07) is 0. The van der Waals surface area contributed by atoms with E-state index in [2.05, 4.69) is 39.0 Å². The molecule has 1 rings (SSSR count). The molecule has 0 radical (unpaired) electrons. The first-order chi connectivity index (χ1) is 5.20. The predicted octanol–water partition coefficient (Wildman–Crippen LogP) is 3.62. The third-order valence-corrected chi connectivity index (χ3v) is 1.88. The smallest absolute Gasteiger partial charge is 0.0271 e. The van der Waals surface area contributed by atoms with Gasteiger partial charge in [0.2, 0.25) is 0 Å². The van der Waals surface area contributed by atoms with Crippen LogP contribution in [0.2, 0.25) is 0 Å². The Balaban J connectivity index is 2.79. The fraction of sp³-hybridized carbons (Fsp3) is 0.455. The molecule has 60 valence electrons. The van der Waals surface area contributed by atoms with Gasteiger partial charge in [0, 0.05) is 0 Å². The van der Waals surface area contributed by atoms with Gasteiger partial charge < -0.3 is 0 Å². The molecule has 0 heterocycles. The van der Waals surface area contributed by atoms with E-state index in [4.69, 9.17) is 0 Å². The quantitative estimate of drug-likeness (QED) is 0.532. The van der Waals surface area contributed by atoms with Crippen LogP contribution >= 0.6 is 0 Å². The van der Waals surface area contributed by atoms with Crippen molar-refractivity contribution < 1.29 is 0 Å². The molecule has 11 heavy (non-hydrogen) atoms. The summed E-state index contributed by atoms with van der Waals surface area (Å²) in [7, 11) is 0. The minimum Gasteiger partial charge on any atom is -0.0807 e. The average Bonchev–Trinajstić information content (AvgIpc) is 1.93. The molecule has 0 N–H and O–H groups in total. The first kappa shape index (κ1) is 8.32. The summed E-state index contributed by atoms with van der Waals surface area (Å²) >= 11 is 0. The zero-order chi connectivity index (χ0) is 8.27. The van der Waals surface area contributed by atoms with Crippen LogP contribution in [-0.4, -0.2) is 0 Å². The molecular weight excluding hydrogens is 132 g/mol. The Morgan fingerprint density at radius 3 is 2.45 bits per heavy atom. The van der Waals surface area contributed by atoms with Gasteiger partial charge >= 0.3 is 0 Å². The Labute approximate surface area is 69.3 Å². The van der Waals surface area contributed by atoms with E-state index in [9.17, 15) is 0 Å². The highest BCUT2D eigenvalue weighted by Gasteiger charge is 1.99. The molecule has 0 saturated carbocycles. The van der Waals surface area contributed by atoms with Crippen LogP contribution < -0.4 is 0 Å². The second kappa shape index (κ2) is 3.56. The zero-order valence-corrected chi connectivity index (χ0v) is 7.65. The van der Waals surface area contributed by atoms with Crippen molar-refractivity contribution in [3.05, 3.63) is 34.9 Å². The molecule has 1 aliphatic carbocycles. The molecule has 0 spiro atoms. The van der Waals surface area contributed by atoms with Crippen molar-refractivity contribution in [1.82, 2.24) is 0 Å². The van der Waals surface area contributed by atoms with Gasteiger partial charge in [0.25, 0.3) is 0 Å². The van der Waals surface area contributed by atoms with E-state index < -0.39 is 0 Å². The van der Waals surface area contributed by atoms with Crippen LogP contribution in [0.3, 0.4) is 0 Å². The van der Waals surface area contributed by atoms with Crippen LogP contribution in [0.1, 0.15) is 33.6 Å². The Morgan fingerprint density at radius 2 is 1.91 bits per heavy atom. The van der Waals surface area contributed by atoms with Crippen LogP contribution in [0.15, 0.2) is 34.9 Å². The largest absolute Gasteiger partial charge is 0.0807 e. The second-order valence-corrected chi connectivity index (χ2v) is 3.35. The maximum absolute atomic E-state index is 2.32. The third kappa shape index (κ3) is 2.38. The fourth-order valence-corrected chi connectivity index (χ4v) is 1.30. The first-order valence-corrected chi connectivity index (χ1v) is 4.22. The van der Waals surface area contributed by atoms with Crippen LogP contribution in [0.25, 0.3) is 0 Å². The van der Waals surface area contributed by atoms with Crippen LogP contribution in [-0.2, 0) is 0 Å². The summed E-state index contributed by atoms with van der Waals surface area (Å²) in [5.74, 6) is 0. The van der Waals surface area contributed by atoms with E-state index in [1.807, 2.05) is 0 Å². The Morgan fingerprint density at radius 1 is 1.27 bits per heavy atom. The van der Waals surface area contributed by atoms with Gasteiger partial charge in [0.15, 0.2) is 0 Å². The van der Waals surface area contributed by atoms with Gasteiger partial charge in [-0.05, 0) is 44.8 Å². The lowest BCUT2D eigenvalue weighted by Gasteiger charge is -2.08. The van der Waals surface area contributed by atoms with Crippen LogP contribution in [0.5, 0.6) is 0 Å². The lowest BCUT2D eigenvalue weighted by atomic mass is 9.98. The van der Waals surface area contributed by atoms with E-state index in [1.165, 1.54) is 29.6 Å². The number of hydrogen-bond acceptors (Lipinski definition) is 0. The van der Waals surface area contributed by atoms with E-state index in [0.717, 1.165) is 0 Å². The number of rotatable bonds is 1. The van der Waals surface area contributed by atoms with Crippen LogP contribution in [0.4, 0.5) is 0 Å². The Kier molecular flexibility index (Phi) is 2.70. The molecule has 0 amide bonds. The molecule has 0 bridgehead atoms. The summed E-state index contributed by atoms with van der Waals surface area (Å²) in [6.07, 6.45) is 9.31. The molecule has 0 heteroatoms. The van der Waals surface area contributed by atoms with Crippen LogP contribution in [0, 0.1) is 0 Å². The van der Waals surface area contributed by atoms with Gasteiger partial charge in [-0.3, -0.25) is 0 Å². The van der Waals surface area contributed by atoms with E-state index in [0.29, 0.717) is 0 Å². The molecule has 0 aliphatic heterocycles. The standard InChI is InChI=1S/C11H16/c1-9(2)8-11-7-5-4-6-10(11)3/h6-8H,4-5H2,1-3H3. The lowest BCUT2D eigenvalue weighted by Crippen LogP contribution is -1.88. The second-order valence-electron chi connectivity index (χ2n) is 3.35. The topological polar surface area (TPSA) is 0 Å². The van der Waals surface area contributed by atoms with Gasteiger partial charge in [-0.1, -0.05) is 23.8 Å². The summed E-state index contributed by atoms with van der Waals surface area (Å²) in [5.41, 5.74) is 4.22. The minimum atomic E-state index is 1.20. The Bertz CT molecular complexity index is 222. The van der Waals surface area contributed by atoms with Crippen molar-refractivity contribution in [2.75, 3.05) is 0 Å². The van der Waals surface area contributed by atoms with E-state index in [1.54, 1.807) is 0 Å². The molecule has 0 unspecified atom stereocenters. The average molecular weight is 148 g/mol. The third-order valence-electron chi connectivity index (χ3n) is 1.88. The molecular formula is C11H16. The number of allylic oxidation sites excluding steroid dienone is 6. The van der Waals surface area contributed by atoms with Crippen molar-refractivity contribution in [3.8, 4) is 0 Å².